The maximum atomic E-state index is 6.08. The third-order valence-corrected chi connectivity index (χ3v) is 4.54. The van der Waals surface area contributed by atoms with Gasteiger partial charge in [-0.05, 0) is 42.4 Å². The Morgan fingerprint density at radius 2 is 1.86 bits per heavy atom. The van der Waals surface area contributed by atoms with Crippen LogP contribution in [0.1, 0.15) is 6.42 Å². The lowest BCUT2D eigenvalue weighted by Gasteiger charge is -2.35. The molecule has 1 saturated heterocycles. The minimum atomic E-state index is 0.202. The number of hydrogen-bond acceptors (Lipinski definition) is 4. The summed E-state index contributed by atoms with van der Waals surface area (Å²) in [6.45, 7) is 2.02. The molecule has 0 aromatic heterocycles. The van der Waals surface area contributed by atoms with E-state index in [0.29, 0.717) is 0 Å². The van der Waals surface area contributed by atoms with Crippen molar-refractivity contribution in [3.05, 3.63) is 42.5 Å². The Hall–Kier alpha value is -2.20. The van der Waals surface area contributed by atoms with Crippen LogP contribution in [-0.4, -0.2) is 38.4 Å². The first-order valence-corrected chi connectivity index (χ1v) is 7.79. The monoisotopic (exact) mass is 295 g/mol. The minimum absolute atomic E-state index is 0.202. The summed E-state index contributed by atoms with van der Waals surface area (Å²) < 4.78 is 6.08. The highest BCUT2D eigenvalue weighted by molar-refractivity contribution is 5.75. The number of nitrogens with one attached hydrogen (secondary N) is 1. The second-order valence-electron chi connectivity index (χ2n) is 6.06. The van der Waals surface area contributed by atoms with Gasteiger partial charge in [-0.3, -0.25) is 4.90 Å². The van der Waals surface area contributed by atoms with Crippen LogP contribution in [0.2, 0.25) is 0 Å². The molecule has 0 spiro atoms. The number of rotatable bonds is 2. The molecule has 4 heteroatoms. The van der Waals surface area contributed by atoms with Gasteiger partial charge in [-0.25, -0.2) is 0 Å². The lowest BCUT2D eigenvalue weighted by Crippen LogP contribution is -2.48. The van der Waals surface area contributed by atoms with Crippen molar-refractivity contribution >= 4 is 11.4 Å². The van der Waals surface area contributed by atoms with Gasteiger partial charge >= 0.3 is 0 Å². The van der Waals surface area contributed by atoms with Crippen molar-refractivity contribution in [2.75, 3.05) is 37.5 Å². The molecule has 1 atom stereocenters. The fraction of sp³-hybridized carbons (Fsp3) is 0.333. The van der Waals surface area contributed by atoms with Crippen LogP contribution in [0.5, 0.6) is 5.75 Å². The van der Waals surface area contributed by atoms with E-state index in [-0.39, 0.29) is 6.23 Å². The van der Waals surface area contributed by atoms with Crippen LogP contribution in [0.15, 0.2) is 42.5 Å². The molecule has 4 nitrogen and oxygen atoms in total. The highest BCUT2D eigenvalue weighted by Crippen LogP contribution is 2.42. The molecule has 2 aromatic carbocycles. The van der Waals surface area contributed by atoms with Gasteiger partial charge in [0.1, 0.15) is 5.75 Å². The molecule has 1 fully saturated rings. The van der Waals surface area contributed by atoms with E-state index < -0.39 is 0 Å². The average Bonchev–Trinajstić information content (AvgIpc) is 2.92. The maximum absolute atomic E-state index is 6.08. The highest BCUT2D eigenvalue weighted by atomic mass is 16.5. The summed E-state index contributed by atoms with van der Waals surface area (Å²) in [6.07, 6.45) is 1.25. The van der Waals surface area contributed by atoms with Gasteiger partial charge in [0.05, 0.1) is 12.4 Å². The third kappa shape index (κ3) is 2.20. The first-order chi connectivity index (χ1) is 10.7. The van der Waals surface area contributed by atoms with Gasteiger partial charge < -0.3 is 15.0 Å². The van der Waals surface area contributed by atoms with E-state index in [0.717, 1.165) is 31.1 Å². The van der Waals surface area contributed by atoms with Crippen molar-refractivity contribution in [3.63, 3.8) is 0 Å². The Morgan fingerprint density at radius 3 is 2.64 bits per heavy atom. The molecule has 1 N–H and O–H groups in total. The summed E-state index contributed by atoms with van der Waals surface area (Å²) in [5.41, 5.74) is 4.81. The van der Waals surface area contributed by atoms with Crippen LogP contribution in [0.25, 0.3) is 11.1 Å². The quantitative estimate of drug-likeness (QED) is 0.920. The van der Waals surface area contributed by atoms with Crippen LogP contribution in [0, 0.1) is 0 Å². The molecular weight excluding hydrogens is 274 g/mol. The largest absolute Gasteiger partial charge is 0.468 e. The van der Waals surface area contributed by atoms with E-state index in [1.807, 2.05) is 7.05 Å². The van der Waals surface area contributed by atoms with Crippen molar-refractivity contribution in [1.82, 2.24) is 4.90 Å². The molecule has 2 heterocycles. The summed E-state index contributed by atoms with van der Waals surface area (Å²) in [7, 11) is 4.10. The van der Waals surface area contributed by atoms with Crippen molar-refractivity contribution in [2.45, 2.75) is 12.6 Å². The zero-order valence-electron chi connectivity index (χ0n) is 13.0. The predicted octanol–water partition coefficient (Wildman–Crippen LogP) is 3.21. The van der Waals surface area contributed by atoms with Gasteiger partial charge in [0.15, 0.2) is 6.23 Å². The first-order valence-electron chi connectivity index (χ1n) is 7.79. The summed E-state index contributed by atoms with van der Waals surface area (Å²) in [6, 6.07) is 15.0. The van der Waals surface area contributed by atoms with E-state index in [9.17, 15) is 0 Å². The zero-order chi connectivity index (χ0) is 15.1. The summed E-state index contributed by atoms with van der Waals surface area (Å²) in [5.74, 6) is 1.01. The second kappa shape index (κ2) is 5.21. The van der Waals surface area contributed by atoms with E-state index in [2.05, 4.69) is 64.6 Å². The van der Waals surface area contributed by atoms with Gasteiger partial charge in [-0.2, -0.15) is 0 Å². The van der Waals surface area contributed by atoms with Gasteiger partial charge in [-0.1, -0.05) is 18.2 Å². The van der Waals surface area contributed by atoms with E-state index in [1.165, 1.54) is 16.8 Å². The Morgan fingerprint density at radius 1 is 1.09 bits per heavy atom. The Kier molecular flexibility index (Phi) is 3.19. The van der Waals surface area contributed by atoms with Crippen LogP contribution in [0.4, 0.5) is 11.4 Å². The molecule has 0 amide bonds. The Balaban J connectivity index is 1.68. The van der Waals surface area contributed by atoms with E-state index in [4.69, 9.17) is 4.74 Å². The first kappa shape index (κ1) is 13.5. The summed E-state index contributed by atoms with van der Waals surface area (Å²) in [5, 5.41) is 3.16. The van der Waals surface area contributed by atoms with Gasteiger partial charge in [0, 0.05) is 25.7 Å². The number of benzene rings is 2. The maximum Gasteiger partial charge on any atom is 0.174 e. The molecule has 4 rings (SSSR count). The number of ether oxygens (including phenoxy) is 1. The highest BCUT2D eigenvalue weighted by Gasteiger charge is 2.34. The minimum Gasteiger partial charge on any atom is -0.468 e. The molecule has 22 heavy (non-hydrogen) atoms. The molecule has 0 saturated carbocycles. The molecule has 0 bridgehead atoms. The van der Waals surface area contributed by atoms with Crippen LogP contribution < -0.4 is 15.0 Å². The normalized spacial score (nSPS) is 20.3. The molecule has 2 aliphatic rings. The van der Waals surface area contributed by atoms with Gasteiger partial charge in [0.25, 0.3) is 0 Å². The van der Waals surface area contributed by atoms with Crippen molar-refractivity contribution < 1.29 is 4.74 Å². The van der Waals surface area contributed by atoms with E-state index >= 15 is 0 Å². The summed E-state index contributed by atoms with van der Waals surface area (Å²) >= 11 is 0. The molecule has 0 aliphatic carbocycles. The SMILES string of the molecule is CNc1ccc(-c2ccc3c(c2)N2CN(C)CCC2O3)cc1. The number of anilines is 2. The molecular formula is C18H21N3O. The fourth-order valence-electron chi connectivity index (χ4n) is 3.26. The summed E-state index contributed by atoms with van der Waals surface area (Å²) in [4.78, 5) is 4.70. The predicted molar refractivity (Wildman–Crippen MR) is 90.4 cm³/mol. The molecule has 1 unspecified atom stereocenters. The van der Waals surface area contributed by atoms with Crippen LogP contribution in [-0.2, 0) is 0 Å². The topological polar surface area (TPSA) is 27.7 Å². The fourth-order valence-corrected chi connectivity index (χ4v) is 3.26. The molecule has 114 valence electrons. The number of nitrogens with zero attached hydrogens (tertiary/aromatic N) is 2. The van der Waals surface area contributed by atoms with E-state index in [1.54, 1.807) is 0 Å². The Labute approximate surface area is 131 Å². The number of hydrogen-bond donors (Lipinski definition) is 1. The van der Waals surface area contributed by atoms with Crippen molar-refractivity contribution in [2.24, 2.45) is 0 Å². The van der Waals surface area contributed by atoms with Gasteiger partial charge in [-0.15, -0.1) is 0 Å². The molecule has 2 aromatic rings. The third-order valence-electron chi connectivity index (χ3n) is 4.54. The molecule has 2 aliphatic heterocycles. The Bertz CT molecular complexity index is 683. The zero-order valence-corrected chi connectivity index (χ0v) is 13.0. The van der Waals surface area contributed by atoms with Crippen molar-refractivity contribution in [1.29, 1.82) is 0 Å². The molecule has 0 radical (unpaired) electrons. The number of fused-ring (bicyclic) bond motifs is 3. The van der Waals surface area contributed by atoms with Crippen LogP contribution in [0.3, 0.4) is 0 Å². The lowest BCUT2D eigenvalue weighted by atomic mass is 10.0. The standard InChI is InChI=1S/C18H21N3O/c1-19-15-6-3-13(4-7-15)14-5-8-17-16(11-14)21-12-20(2)10-9-18(21)22-17/h3-8,11,18-19H,9-10,12H2,1-2H3. The second-order valence-corrected chi connectivity index (χ2v) is 6.06. The smallest absolute Gasteiger partial charge is 0.174 e. The van der Waals surface area contributed by atoms with Crippen molar-refractivity contribution in [3.8, 4) is 16.9 Å². The van der Waals surface area contributed by atoms with Crippen LogP contribution >= 0.6 is 0 Å². The lowest BCUT2D eigenvalue weighted by molar-refractivity contribution is 0.139. The van der Waals surface area contributed by atoms with Gasteiger partial charge in [0.2, 0.25) is 0 Å². The average molecular weight is 295 g/mol.